The van der Waals surface area contributed by atoms with Crippen LogP contribution in [0.1, 0.15) is 19.3 Å². The van der Waals surface area contributed by atoms with Gasteiger partial charge in [0.05, 0.1) is 5.69 Å². The Kier molecular flexibility index (Phi) is 4.40. The lowest BCUT2D eigenvalue weighted by atomic mass is 10.0. The first-order valence-corrected chi connectivity index (χ1v) is 6.85. The summed E-state index contributed by atoms with van der Waals surface area (Å²) in [7, 11) is 2.16. The van der Waals surface area contributed by atoms with E-state index in [-0.39, 0.29) is 5.82 Å². The highest BCUT2D eigenvalue weighted by Crippen LogP contribution is 2.24. The van der Waals surface area contributed by atoms with Crippen molar-refractivity contribution < 1.29 is 4.39 Å². The van der Waals surface area contributed by atoms with Crippen LogP contribution >= 0.6 is 15.9 Å². The van der Waals surface area contributed by atoms with Crippen LogP contribution in [0.3, 0.4) is 0 Å². The van der Waals surface area contributed by atoms with E-state index < -0.39 is 0 Å². The molecule has 2 rings (SSSR count). The smallest absolute Gasteiger partial charge is 0.125 e. The Labute approximate surface area is 110 Å². The highest BCUT2D eigenvalue weighted by Gasteiger charge is 2.18. The number of nitrogens with one attached hydrogen (secondary N) is 1. The van der Waals surface area contributed by atoms with E-state index in [4.69, 9.17) is 0 Å². The van der Waals surface area contributed by atoms with Gasteiger partial charge in [0.1, 0.15) is 5.82 Å². The van der Waals surface area contributed by atoms with E-state index in [1.807, 2.05) is 0 Å². The fourth-order valence-corrected chi connectivity index (χ4v) is 2.65. The first kappa shape index (κ1) is 12.8. The molecule has 0 bridgehead atoms. The van der Waals surface area contributed by atoms with Crippen LogP contribution in [-0.4, -0.2) is 31.1 Å². The summed E-state index contributed by atoms with van der Waals surface area (Å²) in [6.07, 6.45) is 3.80. The molecule has 1 saturated heterocycles. The van der Waals surface area contributed by atoms with Gasteiger partial charge in [-0.1, -0.05) is 6.42 Å². The normalized spacial score (nSPS) is 21.5. The maximum absolute atomic E-state index is 13.1. The quantitative estimate of drug-likeness (QED) is 0.919. The Morgan fingerprint density at radius 2 is 2.29 bits per heavy atom. The van der Waals surface area contributed by atoms with Crippen molar-refractivity contribution in [3.8, 4) is 0 Å². The molecule has 1 aromatic rings. The molecule has 0 saturated carbocycles. The predicted octanol–water partition coefficient (Wildman–Crippen LogP) is 3.48. The zero-order valence-electron chi connectivity index (χ0n) is 10.0. The number of halogens is 2. The van der Waals surface area contributed by atoms with Crippen molar-refractivity contribution in [1.29, 1.82) is 0 Å². The van der Waals surface area contributed by atoms with Crippen LogP contribution in [0.25, 0.3) is 0 Å². The summed E-state index contributed by atoms with van der Waals surface area (Å²) in [5.41, 5.74) is 0.837. The number of likely N-dealkylation sites (tertiary alicyclic amines) is 1. The number of nitrogens with zero attached hydrogens (tertiary/aromatic N) is 1. The molecule has 0 radical (unpaired) electrons. The average molecular weight is 301 g/mol. The largest absolute Gasteiger partial charge is 0.382 e. The Bertz CT molecular complexity index is 384. The van der Waals surface area contributed by atoms with Gasteiger partial charge >= 0.3 is 0 Å². The van der Waals surface area contributed by atoms with Gasteiger partial charge < -0.3 is 10.2 Å². The zero-order chi connectivity index (χ0) is 12.3. The average Bonchev–Trinajstić information content (AvgIpc) is 2.32. The maximum atomic E-state index is 13.1. The van der Waals surface area contributed by atoms with Gasteiger partial charge in [0, 0.05) is 17.1 Å². The van der Waals surface area contributed by atoms with Crippen LogP contribution in [-0.2, 0) is 0 Å². The lowest BCUT2D eigenvalue weighted by molar-refractivity contribution is 0.194. The second-order valence-electron chi connectivity index (χ2n) is 4.64. The van der Waals surface area contributed by atoms with Gasteiger partial charge in [-0.15, -0.1) is 0 Å². The molecule has 0 aromatic heterocycles. The van der Waals surface area contributed by atoms with Gasteiger partial charge in [-0.3, -0.25) is 0 Å². The summed E-state index contributed by atoms with van der Waals surface area (Å²) >= 11 is 3.43. The highest BCUT2D eigenvalue weighted by molar-refractivity contribution is 9.10. The first-order chi connectivity index (χ1) is 8.16. The number of piperidine rings is 1. The molecule has 1 atom stereocenters. The van der Waals surface area contributed by atoms with Crippen molar-refractivity contribution in [2.45, 2.75) is 25.3 Å². The second-order valence-corrected chi connectivity index (χ2v) is 5.49. The zero-order valence-corrected chi connectivity index (χ0v) is 11.6. The standard InChI is InChI=1S/C13H18BrFN2/c1-17-7-3-2-4-11(17)9-16-13-8-10(15)5-6-12(13)14/h5-6,8,11,16H,2-4,7,9H2,1H3. The van der Waals surface area contributed by atoms with Crippen LogP contribution in [0.15, 0.2) is 22.7 Å². The van der Waals surface area contributed by atoms with Crippen molar-refractivity contribution in [3.05, 3.63) is 28.5 Å². The highest BCUT2D eigenvalue weighted by atomic mass is 79.9. The minimum atomic E-state index is -0.201. The van der Waals surface area contributed by atoms with Crippen LogP contribution in [0, 0.1) is 5.82 Å². The molecular weight excluding hydrogens is 283 g/mol. The molecule has 0 amide bonds. The number of hydrogen-bond donors (Lipinski definition) is 1. The molecule has 0 spiro atoms. The topological polar surface area (TPSA) is 15.3 Å². The molecule has 1 aromatic carbocycles. The Balaban J connectivity index is 1.94. The molecule has 4 heteroatoms. The fraction of sp³-hybridized carbons (Fsp3) is 0.538. The summed E-state index contributed by atoms with van der Waals surface area (Å²) in [6, 6.07) is 5.29. The Morgan fingerprint density at radius 3 is 3.06 bits per heavy atom. The number of likely N-dealkylation sites (N-methyl/N-ethyl adjacent to an activating group) is 1. The minimum absolute atomic E-state index is 0.201. The molecule has 17 heavy (non-hydrogen) atoms. The van der Waals surface area contributed by atoms with Crippen LogP contribution < -0.4 is 5.32 Å². The summed E-state index contributed by atoms with van der Waals surface area (Å²) in [6.45, 7) is 2.04. The molecule has 94 valence electrons. The molecule has 1 aliphatic heterocycles. The number of anilines is 1. The molecule has 1 N–H and O–H groups in total. The van der Waals surface area contributed by atoms with E-state index in [0.29, 0.717) is 6.04 Å². The van der Waals surface area contributed by atoms with E-state index in [9.17, 15) is 4.39 Å². The van der Waals surface area contributed by atoms with Gasteiger partial charge in [0.25, 0.3) is 0 Å². The third kappa shape index (κ3) is 3.42. The fourth-order valence-electron chi connectivity index (χ4n) is 2.26. The van der Waals surface area contributed by atoms with Crippen molar-refractivity contribution in [3.63, 3.8) is 0 Å². The molecule has 1 fully saturated rings. The van der Waals surface area contributed by atoms with E-state index in [1.165, 1.54) is 31.4 Å². The summed E-state index contributed by atoms with van der Waals surface area (Å²) in [5, 5.41) is 3.33. The summed E-state index contributed by atoms with van der Waals surface area (Å²) in [5.74, 6) is -0.201. The van der Waals surface area contributed by atoms with E-state index >= 15 is 0 Å². The van der Waals surface area contributed by atoms with Gasteiger partial charge in [0.2, 0.25) is 0 Å². The SMILES string of the molecule is CN1CCCCC1CNc1cc(F)ccc1Br. The monoisotopic (exact) mass is 300 g/mol. The van der Waals surface area contributed by atoms with Crippen LogP contribution in [0.5, 0.6) is 0 Å². The van der Waals surface area contributed by atoms with Gasteiger partial charge in [-0.25, -0.2) is 4.39 Å². The van der Waals surface area contributed by atoms with E-state index in [1.54, 1.807) is 6.07 Å². The molecule has 1 heterocycles. The Morgan fingerprint density at radius 1 is 1.47 bits per heavy atom. The van der Waals surface area contributed by atoms with Crippen molar-refractivity contribution >= 4 is 21.6 Å². The van der Waals surface area contributed by atoms with Gasteiger partial charge in [-0.2, -0.15) is 0 Å². The van der Waals surface area contributed by atoms with Crippen LogP contribution in [0.2, 0.25) is 0 Å². The molecule has 1 unspecified atom stereocenters. The van der Waals surface area contributed by atoms with E-state index in [2.05, 4.69) is 33.2 Å². The minimum Gasteiger partial charge on any atom is -0.382 e. The number of rotatable bonds is 3. The van der Waals surface area contributed by atoms with Crippen LogP contribution in [0.4, 0.5) is 10.1 Å². The van der Waals surface area contributed by atoms with Gasteiger partial charge in [0.15, 0.2) is 0 Å². The summed E-state index contributed by atoms with van der Waals surface area (Å²) < 4.78 is 14.0. The third-order valence-electron chi connectivity index (χ3n) is 3.38. The van der Waals surface area contributed by atoms with Crippen molar-refractivity contribution in [1.82, 2.24) is 4.90 Å². The number of hydrogen-bond acceptors (Lipinski definition) is 2. The van der Waals surface area contributed by atoms with Crippen molar-refractivity contribution in [2.75, 3.05) is 25.5 Å². The third-order valence-corrected chi connectivity index (χ3v) is 4.07. The lowest BCUT2D eigenvalue weighted by Gasteiger charge is -2.32. The first-order valence-electron chi connectivity index (χ1n) is 6.06. The van der Waals surface area contributed by atoms with E-state index in [0.717, 1.165) is 23.2 Å². The van der Waals surface area contributed by atoms with Gasteiger partial charge in [-0.05, 0) is 60.6 Å². The summed E-state index contributed by atoms with van der Waals surface area (Å²) in [4.78, 5) is 2.38. The molecular formula is C13H18BrFN2. The maximum Gasteiger partial charge on any atom is 0.125 e. The molecule has 1 aliphatic rings. The second kappa shape index (κ2) is 5.83. The Hall–Kier alpha value is -0.610. The number of benzene rings is 1. The molecule has 2 nitrogen and oxygen atoms in total. The molecule has 0 aliphatic carbocycles. The van der Waals surface area contributed by atoms with Crippen molar-refractivity contribution in [2.24, 2.45) is 0 Å². The lowest BCUT2D eigenvalue weighted by Crippen LogP contribution is -2.40. The predicted molar refractivity (Wildman–Crippen MR) is 72.9 cm³/mol.